The number of esters is 1. The van der Waals surface area contributed by atoms with Crippen LogP contribution in [0.5, 0.6) is 0 Å². The van der Waals surface area contributed by atoms with Crippen LogP contribution in [-0.4, -0.2) is 37.7 Å². The fourth-order valence-electron chi connectivity index (χ4n) is 2.91. The third-order valence-electron chi connectivity index (χ3n) is 4.21. The van der Waals surface area contributed by atoms with E-state index in [0.717, 1.165) is 5.56 Å². The molecule has 2 atom stereocenters. The third kappa shape index (κ3) is 3.99. The van der Waals surface area contributed by atoms with E-state index in [9.17, 15) is 22.8 Å². The van der Waals surface area contributed by atoms with Crippen molar-refractivity contribution in [2.24, 2.45) is 0 Å². The molecule has 1 saturated heterocycles. The summed E-state index contributed by atoms with van der Waals surface area (Å²) >= 11 is 0. The number of aryl methyl sites for hydroxylation is 1. The van der Waals surface area contributed by atoms with E-state index in [2.05, 4.69) is 10.0 Å². The van der Waals surface area contributed by atoms with Crippen molar-refractivity contribution < 1.29 is 27.5 Å². The number of rotatable bonds is 4. The fourth-order valence-corrected chi connectivity index (χ4v) is 4.10. The van der Waals surface area contributed by atoms with Crippen molar-refractivity contribution in [3.63, 3.8) is 0 Å². The Hall–Kier alpha value is -2.78. The normalized spacial score (nSPS) is 24.7. The lowest BCUT2D eigenvalue weighted by molar-refractivity contribution is -0.144. The Bertz CT molecular complexity index is 978. The smallest absolute Gasteiger partial charge is 0.325 e. The van der Waals surface area contributed by atoms with Crippen LogP contribution in [0.2, 0.25) is 0 Å². The highest BCUT2D eigenvalue weighted by Gasteiger charge is 2.47. The maximum Gasteiger partial charge on any atom is 0.325 e. The van der Waals surface area contributed by atoms with Gasteiger partial charge >= 0.3 is 5.97 Å². The number of hydrogen-bond donors (Lipinski definition) is 2. The molecular formula is C18H18N2O6S. The molecule has 1 aliphatic carbocycles. The molecule has 3 rings (SSSR count). The number of allylic oxidation sites excluding steroid dienone is 1. The van der Waals surface area contributed by atoms with Gasteiger partial charge < -0.3 is 10.1 Å². The summed E-state index contributed by atoms with van der Waals surface area (Å²) in [6.45, 7) is 3.08. The van der Waals surface area contributed by atoms with Crippen LogP contribution in [0.1, 0.15) is 18.9 Å². The average molecular weight is 390 g/mol. The Morgan fingerprint density at radius 1 is 1.22 bits per heavy atom. The molecule has 0 radical (unpaired) electrons. The first kappa shape index (κ1) is 19.0. The van der Waals surface area contributed by atoms with Gasteiger partial charge in [0.1, 0.15) is 6.04 Å². The van der Waals surface area contributed by atoms with Gasteiger partial charge in [-0.15, -0.1) is 0 Å². The van der Waals surface area contributed by atoms with E-state index in [-0.39, 0.29) is 17.0 Å². The molecule has 1 spiro atoms. The molecule has 8 nitrogen and oxygen atoms in total. The number of ketones is 1. The van der Waals surface area contributed by atoms with Crippen LogP contribution in [-0.2, 0) is 29.1 Å². The topological polar surface area (TPSA) is 119 Å². The summed E-state index contributed by atoms with van der Waals surface area (Å²) in [7, 11) is -3.92. The molecule has 1 aliphatic heterocycles. The second-order valence-electron chi connectivity index (χ2n) is 6.50. The van der Waals surface area contributed by atoms with E-state index in [0.29, 0.717) is 0 Å². The van der Waals surface area contributed by atoms with E-state index in [1.54, 1.807) is 12.1 Å². The highest BCUT2D eigenvalue weighted by molar-refractivity contribution is 7.89. The van der Waals surface area contributed by atoms with Crippen LogP contribution in [0.25, 0.3) is 0 Å². The summed E-state index contributed by atoms with van der Waals surface area (Å²) < 4.78 is 32.7. The lowest BCUT2D eigenvalue weighted by Gasteiger charge is -2.24. The van der Waals surface area contributed by atoms with Crippen molar-refractivity contribution in [1.82, 2.24) is 10.0 Å². The average Bonchev–Trinajstić information content (AvgIpc) is 2.86. The Labute approximate surface area is 156 Å². The first-order valence-electron chi connectivity index (χ1n) is 8.16. The minimum atomic E-state index is -3.92. The van der Waals surface area contributed by atoms with Gasteiger partial charge in [0, 0.05) is 13.3 Å². The Balaban J connectivity index is 1.82. The van der Waals surface area contributed by atoms with Gasteiger partial charge in [-0.25, -0.2) is 8.42 Å². The van der Waals surface area contributed by atoms with Gasteiger partial charge in [-0.05, 0) is 37.3 Å². The highest BCUT2D eigenvalue weighted by Crippen LogP contribution is 2.34. The number of nitrogens with one attached hydrogen (secondary N) is 2. The second-order valence-corrected chi connectivity index (χ2v) is 8.22. The number of amides is 1. The van der Waals surface area contributed by atoms with E-state index >= 15 is 0 Å². The first-order valence-corrected chi connectivity index (χ1v) is 9.64. The number of ether oxygens (including phenoxy) is 1. The summed E-state index contributed by atoms with van der Waals surface area (Å²) in [6.07, 6.45) is 3.87. The standard InChI is InChI=1S/C18H18N2O6S/c1-11-3-5-13(6-4-11)27(24,25)20-15-10-18(26-17(15)23)8-7-16(22)14(9-18)19-12(2)21/h3-9,15,20H,10H2,1-2H3,(H,19,21)/t15-,18?/m0/s1. The minimum absolute atomic E-state index is 0.0140. The quantitative estimate of drug-likeness (QED) is 0.722. The summed E-state index contributed by atoms with van der Waals surface area (Å²) in [4.78, 5) is 35.4. The molecule has 2 aliphatic rings. The van der Waals surface area contributed by atoms with Gasteiger partial charge in [-0.3, -0.25) is 14.4 Å². The van der Waals surface area contributed by atoms with Crippen molar-refractivity contribution >= 4 is 27.7 Å². The molecule has 1 aromatic rings. The molecular weight excluding hydrogens is 372 g/mol. The van der Waals surface area contributed by atoms with Crippen molar-refractivity contribution in [2.45, 2.75) is 36.8 Å². The monoisotopic (exact) mass is 390 g/mol. The predicted octanol–water partition coefficient (Wildman–Crippen LogP) is 0.487. The molecule has 0 aromatic heterocycles. The Kier molecular flexibility index (Phi) is 4.75. The summed E-state index contributed by atoms with van der Waals surface area (Å²) in [5.74, 6) is -1.64. The highest BCUT2D eigenvalue weighted by atomic mass is 32.2. The summed E-state index contributed by atoms with van der Waals surface area (Å²) in [5, 5.41) is 2.38. The number of carbonyl (C=O) groups excluding carboxylic acids is 3. The van der Waals surface area contributed by atoms with E-state index < -0.39 is 39.3 Å². The maximum atomic E-state index is 12.5. The third-order valence-corrected chi connectivity index (χ3v) is 5.70. The van der Waals surface area contributed by atoms with Crippen molar-refractivity contribution in [1.29, 1.82) is 0 Å². The van der Waals surface area contributed by atoms with Crippen molar-refractivity contribution in [3.05, 3.63) is 53.8 Å². The van der Waals surface area contributed by atoms with Crippen LogP contribution in [0.4, 0.5) is 0 Å². The van der Waals surface area contributed by atoms with E-state index in [4.69, 9.17) is 4.74 Å². The van der Waals surface area contributed by atoms with Crippen LogP contribution in [0.15, 0.2) is 53.1 Å². The fraction of sp³-hybridized carbons (Fsp3) is 0.278. The number of sulfonamides is 1. The van der Waals surface area contributed by atoms with Gasteiger partial charge in [0.15, 0.2) is 5.60 Å². The molecule has 1 heterocycles. The van der Waals surface area contributed by atoms with Crippen molar-refractivity contribution in [2.75, 3.05) is 0 Å². The molecule has 142 valence electrons. The van der Waals surface area contributed by atoms with Crippen LogP contribution >= 0.6 is 0 Å². The lowest BCUT2D eigenvalue weighted by Crippen LogP contribution is -2.38. The van der Waals surface area contributed by atoms with E-state index in [1.165, 1.54) is 37.3 Å². The number of hydrogen-bond acceptors (Lipinski definition) is 6. The zero-order valence-corrected chi connectivity index (χ0v) is 15.5. The number of carbonyl (C=O) groups is 3. The van der Waals surface area contributed by atoms with Crippen LogP contribution in [0.3, 0.4) is 0 Å². The zero-order valence-electron chi connectivity index (χ0n) is 14.7. The Morgan fingerprint density at radius 2 is 1.89 bits per heavy atom. The molecule has 1 unspecified atom stereocenters. The van der Waals surface area contributed by atoms with Gasteiger partial charge in [-0.2, -0.15) is 4.72 Å². The first-order chi connectivity index (χ1) is 12.6. The molecule has 1 aromatic carbocycles. The molecule has 0 bridgehead atoms. The summed E-state index contributed by atoms with van der Waals surface area (Å²) in [6, 6.07) is 5.08. The van der Waals surface area contributed by atoms with Gasteiger partial charge in [0.05, 0.1) is 10.6 Å². The van der Waals surface area contributed by atoms with Gasteiger partial charge in [-0.1, -0.05) is 17.7 Å². The zero-order chi connectivity index (χ0) is 19.8. The summed E-state index contributed by atoms with van der Waals surface area (Å²) in [5.41, 5.74) is -0.399. The number of benzene rings is 1. The molecule has 1 amide bonds. The lowest BCUT2D eigenvalue weighted by atomic mass is 9.91. The molecule has 0 saturated carbocycles. The SMILES string of the molecule is CC(=O)NC1=CC2(C=CC1=O)C[C@H](NS(=O)(=O)c1ccc(C)cc1)C(=O)O2. The van der Waals surface area contributed by atoms with Gasteiger partial charge in [0.25, 0.3) is 0 Å². The molecule has 27 heavy (non-hydrogen) atoms. The van der Waals surface area contributed by atoms with Crippen LogP contribution in [0, 0.1) is 6.92 Å². The van der Waals surface area contributed by atoms with Crippen molar-refractivity contribution in [3.8, 4) is 0 Å². The minimum Gasteiger partial charge on any atom is -0.449 e. The van der Waals surface area contributed by atoms with Crippen LogP contribution < -0.4 is 10.0 Å². The van der Waals surface area contributed by atoms with E-state index in [1.807, 2.05) is 6.92 Å². The second kappa shape index (κ2) is 6.75. The largest absolute Gasteiger partial charge is 0.449 e. The Morgan fingerprint density at radius 3 is 2.52 bits per heavy atom. The maximum absolute atomic E-state index is 12.5. The molecule has 1 fully saturated rings. The molecule has 2 N–H and O–H groups in total. The van der Waals surface area contributed by atoms with Gasteiger partial charge in [0.2, 0.25) is 21.7 Å². The molecule has 9 heteroatoms. The predicted molar refractivity (Wildman–Crippen MR) is 94.8 cm³/mol.